The van der Waals surface area contributed by atoms with E-state index < -0.39 is 0 Å². The van der Waals surface area contributed by atoms with E-state index in [2.05, 4.69) is 25.5 Å². The Balaban J connectivity index is 1.94. The molecule has 0 aliphatic heterocycles. The highest BCUT2D eigenvalue weighted by atomic mass is 35.5. The molecule has 0 bridgehead atoms. The zero-order valence-electron chi connectivity index (χ0n) is 12.4. The van der Waals surface area contributed by atoms with Gasteiger partial charge in [0.15, 0.2) is 5.82 Å². The van der Waals surface area contributed by atoms with Crippen molar-refractivity contribution in [3.05, 3.63) is 45.9 Å². The van der Waals surface area contributed by atoms with Gasteiger partial charge >= 0.3 is 0 Å². The van der Waals surface area contributed by atoms with Crippen molar-refractivity contribution in [3.63, 3.8) is 0 Å². The molecule has 0 unspecified atom stereocenters. The summed E-state index contributed by atoms with van der Waals surface area (Å²) in [5, 5.41) is 9.75. The van der Waals surface area contributed by atoms with Gasteiger partial charge in [-0.05, 0) is 39.0 Å². The van der Waals surface area contributed by atoms with E-state index in [-0.39, 0.29) is 5.91 Å². The van der Waals surface area contributed by atoms with Gasteiger partial charge in [0.05, 0.1) is 28.1 Å². The number of carbonyl (C=O) groups excluding carboxylic acids is 1. The minimum Gasteiger partial charge on any atom is -0.304 e. The van der Waals surface area contributed by atoms with Crippen molar-refractivity contribution >= 4 is 34.4 Å². The van der Waals surface area contributed by atoms with Crippen LogP contribution in [0.25, 0.3) is 11.0 Å². The van der Waals surface area contributed by atoms with E-state index >= 15 is 0 Å². The Bertz CT molecular complexity index is 887. The first-order valence-corrected chi connectivity index (χ1v) is 7.10. The van der Waals surface area contributed by atoms with Crippen LogP contribution in [-0.2, 0) is 0 Å². The molecule has 22 heavy (non-hydrogen) atoms. The zero-order chi connectivity index (χ0) is 15.9. The van der Waals surface area contributed by atoms with Gasteiger partial charge in [0.25, 0.3) is 5.91 Å². The lowest BCUT2D eigenvalue weighted by Gasteiger charge is -2.06. The molecule has 3 aromatic rings. The van der Waals surface area contributed by atoms with E-state index in [1.807, 2.05) is 13.8 Å². The summed E-state index contributed by atoms with van der Waals surface area (Å²) in [4.78, 5) is 21.2. The second-order valence-electron chi connectivity index (χ2n) is 5.06. The number of H-pyrrole nitrogens is 1. The van der Waals surface area contributed by atoms with Crippen molar-refractivity contribution in [1.82, 2.24) is 20.2 Å². The normalized spacial score (nSPS) is 10.9. The number of halogens is 1. The van der Waals surface area contributed by atoms with E-state index in [1.54, 1.807) is 25.1 Å². The maximum absolute atomic E-state index is 12.3. The monoisotopic (exact) mass is 315 g/mol. The smallest absolute Gasteiger partial charge is 0.256 e. The number of nitrogens with zero attached hydrogens (tertiary/aromatic N) is 3. The van der Waals surface area contributed by atoms with Crippen LogP contribution in [0.5, 0.6) is 0 Å². The van der Waals surface area contributed by atoms with E-state index in [1.165, 1.54) is 0 Å². The molecule has 1 amide bonds. The summed E-state index contributed by atoms with van der Waals surface area (Å²) in [6, 6.07) is 5.19. The van der Waals surface area contributed by atoms with Crippen molar-refractivity contribution in [2.45, 2.75) is 20.8 Å². The van der Waals surface area contributed by atoms with Crippen LogP contribution in [0.15, 0.2) is 18.2 Å². The van der Waals surface area contributed by atoms with E-state index in [4.69, 9.17) is 11.6 Å². The summed E-state index contributed by atoms with van der Waals surface area (Å²) in [6.07, 6.45) is 0. The molecular formula is C15H14ClN5O. The summed E-state index contributed by atoms with van der Waals surface area (Å²) >= 11 is 6.04. The highest BCUT2D eigenvalue weighted by molar-refractivity contribution is 6.34. The van der Waals surface area contributed by atoms with E-state index in [0.29, 0.717) is 27.6 Å². The first kappa shape index (κ1) is 14.5. The Morgan fingerprint density at radius 1 is 1.14 bits per heavy atom. The van der Waals surface area contributed by atoms with Crippen molar-refractivity contribution in [2.75, 3.05) is 5.32 Å². The van der Waals surface area contributed by atoms with E-state index in [0.717, 1.165) is 16.9 Å². The number of hydrogen-bond donors (Lipinski definition) is 2. The molecule has 2 N–H and O–H groups in total. The number of carbonyl (C=O) groups is 1. The molecule has 0 aliphatic rings. The molecule has 112 valence electrons. The highest BCUT2D eigenvalue weighted by Gasteiger charge is 2.13. The number of aromatic amines is 1. The van der Waals surface area contributed by atoms with Gasteiger partial charge in [-0.3, -0.25) is 9.89 Å². The average molecular weight is 316 g/mol. The van der Waals surface area contributed by atoms with Crippen molar-refractivity contribution in [3.8, 4) is 0 Å². The molecule has 0 saturated carbocycles. The van der Waals surface area contributed by atoms with Crippen LogP contribution < -0.4 is 5.32 Å². The molecule has 2 heterocycles. The quantitative estimate of drug-likeness (QED) is 0.760. The van der Waals surface area contributed by atoms with Gasteiger partial charge in [-0.25, -0.2) is 9.97 Å². The summed E-state index contributed by atoms with van der Waals surface area (Å²) in [7, 11) is 0. The maximum Gasteiger partial charge on any atom is 0.256 e. The lowest BCUT2D eigenvalue weighted by atomic mass is 10.1. The average Bonchev–Trinajstić information content (AvgIpc) is 2.80. The Kier molecular flexibility index (Phi) is 3.54. The molecule has 0 radical (unpaired) electrons. The predicted molar refractivity (Wildman–Crippen MR) is 85.3 cm³/mol. The summed E-state index contributed by atoms with van der Waals surface area (Å²) in [5.41, 5.74) is 4.34. The molecule has 6 nitrogen and oxygen atoms in total. The van der Waals surface area contributed by atoms with Crippen molar-refractivity contribution < 1.29 is 4.79 Å². The Hall–Kier alpha value is -2.47. The third-order valence-corrected chi connectivity index (χ3v) is 3.90. The fourth-order valence-corrected chi connectivity index (χ4v) is 2.18. The molecular weight excluding hydrogens is 302 g/mol. The number of anilines is 1. The number of rotatable bonds is 2. The molecule has 2 aromatic heterocycles. The minimum atomic E-state index is -0.296. The van der Waals surface area contributed by atoms with Gasteiger partial charge in [0.1, 0.15) is 5.02 Å². The molecule has 0 spiro atoms. The molecule has 0 fully saturated rings. The number of hydrogen-bond acceptors (Lipinski definition) is 4. The van der Waals surface area contributed by atoms with Gasteiger partial charge < -0.3 is 5.32 Å². The number of amides is 1. The minimum absolute atomic E-state index is 0.296. The van der Waals surface area contributed by atoms with Crippen LogP contribution in [0.2, 0.25) is 5.02 Å². The fraction of sp³-hybridized carbons (Fsp3) is 0.200. The van der Waals surface area contributed by atoms with Gasteiger partial charge in [0, 0.05) is 5.56 Å². The topological polar surface area (TPSA) is 83.6 Å². The van der Waals surface area contributed by atoms with Crippen molar-refractivity contribution in [2.24, 2.45) is 0 Å². The van der Waals surface area contributed by atoms with Crippen LogP contribution >= 0.6 is 11.6 Å². The maximum atomic E-state index is 12.3. The Labute approximate surface area is 131 Å². The van der Waals surface area contributed by atoms with Crippen LogP contribution in [0.3, 0.4) is 0 Å². The van der Waals surface area contributed by atoms with Crippen LogP contribution in [0.1, 0.15) is 27.4 Å². The summed E-state index contributed by atoms with van der Waals surface area (Å²) < 4.78 is 0. The summed E-state index contributed by atoms with van der Waals surface area (Å²) in [6.45, 7) is 5.58. The summed E-state index contributed by atoms with van der Waals surface area (Å²) in [5.74, 6) is 0.0192. The van der Waals surface area contributed by atoms with Crippen molar-refractivity contribution in [1.29, 1.82) is 0 Å². The number of fused-ring (bicyclic) bond motifs is 1. The molecule has 0 saturated heterocycles. The Morgan fingerprint density at radius 3 is 2.45 bits per heavy atom. The lowest BCUT2D eigenvalue weighted by molar-refractivity contribution is 0.102. The first-order valence-electron chi connectivity index (χ1n) is 6.72. The number of aromatic nitrogens is 4. The molecule has 1 aromatic carbocycles. The highest BCUT2D eigenvalue weighted by Crippen LogP contribution is 2.23. The second-order valence-corrected chi connectivity index (χ2v) is 5.44. The van der Waals surface area contributed by atoms with Crippen LogP contribution in [0, 0.1) is 20.8 Å². The van der Waals surface area contributed by atoms with E-state index in [9.17, 15) is 4.79 Å². The molecule has 0 aliphatic carbocycles. The van der Waals surface area contributed by atoms with Gasteiger partial charge in [-0.1, -0.05) is 11.6 Å². The predicted octanol–water partition coefficient (Wildman–Crippen LogP) is 3.18. The zero-order valence-corrected chi connectivity index (χ0v) is 13.1. The standard InChI is InChI=1S/C15H14ClN5O/c1-7-8(2)18-12-6-10(4-5-11(12)17-7)15(22)19-14-13(16)9(3)20-21-14/h4-6H,1-3H3,(H2,19,20,21,22). The number of aryl methyl sites for hydroxylation is 3. The fourth-order valence-electron chi connectivity index (χ4n) is 2.05. The second kappa shape index (κ2) is 5.38. The van der Waals surface area contributed by atoms with Gasteiger partial charge in [0.2, 0.25) is 0 Å². The van der Waals surface area contributed by atoms with Crippen LogP contribution in [-0.4, -0.2) is 26.1 Å². The largest absolute Gasteiger partial charge is 0.304 e. The molecule has 3 rings (SSSR count). The number of benzene rings is 1. The Morgan fingerprint density at radius 2 is 1.82 bits per heavy atom. The lowest BCUT2D eigenvalue weighted by Crippen LogP contribution is -2.12. The SMILES string of the molecule is Cc1nc2ccc(C(=O)Nc3n[nH]c(C)c3Cl)cc2nc1C. The van der Waals surface area contributed by atoms with Crippen LogP contribution in [0.4, 0.5) is 5.82 Å². The molecule has 0 atom stereocenters. The van der Waals surface area contributed by atoms with Gasteiger partial charge in [-0.15, -0.1) is 0 Å². The first-order chi connectivity index (χ1) is 10.5. The number of nitrogens with one attached hydrogen (secondary N) is 2. The third-order valence-electron chi connectivity index (χ3n) is 3.44. The molecule has 7 heteroatoms. The third kappa shape index (κ3) is 2.53. The van der Waals surface area contributed by atoms with Gasteiger partial charge in [-0.2, -0.15) is 5.10 Å².